The van der Waals surface area contributed by atoms with Gasteiger partial charge in [0.15, 0.2) is 0 Å². The fourth-order valence-corrected chi connectivity index (χ4v) is 2.85. The van der Waals surface area contributed by atoms with Gasteiger partial charge in [-0.2, -0.15) is 0 Å². The lowest BCUT2D eigenvalue weighted by molar-refractivity contribution is -0.132. The van der Waals surface area contributed by atoms with Gasteiger partial charge in [-0.1, -0.05) is 0 Å². The standard InChI is InChI=1S/C14H24N2O/c17-14(6-3-11-7-8-15-9-11)16(13-4-5-13)10-12-1-2-12/h11-13,15H,1-10H2. The van der Waals surface area contributed by atoms with Gasteiger partial charge in [0.2, 0.25) is 5.91 Å². The van der Waals surface area contributed by atoms with Crippen LogP contribution in [0, 0.1) is 11.8 Å². The number of nitrogens with zero attached hydrogens (tertiary/aromatic N) is 1. The molecule has 96 valence electrons. The molecule has 0 radical (unpaired) electrons. The topological polar surface area (TPSA) is 32.3 Å². The molecule has 0 bridgehead atoms. The summed E-state index contributed by atoms with van der Waals surface area (Å²) < 4.78 is 0. The van der Waals surface area contributed by atoms with Gasteiger partial charge in [0.05, 0.1) is 0 Å². The van der Waals surface area contributed by atoms with Crippen molar-refractivity contribution in [3.63, 3.8) is 0 Å². The van der Waals surface area contributed by atoms with Crippen LogP contribution in [0.2, 0.25) is 0 Å². The molecule has 1 saturated heterocycles. The highest BCUT2D eigenvalue weighted by Crippen LogP contribution is 2.35. The number of hydrogen-bond donors (Lipinski definition) is 1. The maximum atomic E-state index is 12.3. The Balaban J connectivity index is 1.44. The molecule has 1 atom stereocenters. The van der Waals surface area contributed by atoms with Gasteiger partial charge < -0.3 is 10.2 Å². The zero-order valence-corrected chi connectivity index (χ0v) is 10.7. The third-order valence-corrected chi connectivity index (χ3v) is 4.39. The minimum atomic E-state index is 0.436. The zero-order valence-electron chi connectivity index (χ0n) is 10.7. The van der Waals surface area contributed by atoms with E-state index in [0.717, 1.165) is 44.3 Å². The Bertz CT molecular complexity index is 278. The number of hydrogen-bond acceptors (Lipinski definition) is 2. The minimum Gasteiger partial charge on any atom is -0.339 e. The molecule has 3 heteroatoms. The van der Waals surface area contributed by atoms with Gasteiger partial charge in [-0.05, 0) is 63.5 Å². The molecule has 0 aromatic rings. The van der Waals surface area contributed by atoms with Crippen molar-refractivity contribution in [2.75, 3.05) is 19.6 Å². The lowest BCUT2D eigenvalue weighted by atomic mass is 10.0. The molecule has 3 aliphatic rings. The van der Waals surface area contributed by atoms with E-state index in [1.165, 1.54) is 32.1 Å². The van der Waals surface area contributed by atoms with Crippen molar-refractivity contribution in [1.29, 1.82) is 0 Å². The van der Waals surface area contributed by atoms with Crippen LogP contribution >= 0.6 is 0 Å². The predicted octanol–water partition coefficient (Wildman–Crippen LogP) is 1.78. The van der Waals surface area contributed by atoms with E-state index in [0.29, 0.717) is 11.9 Å². The van der Waals surface area contributed by atoms with Crippen molar-refractivity contribution < 1.29 is 4.79 Å². The largest absolute Gasteiger partial charge is 0.339 e. The molecule has 3 nitrogen and oxygen atoms in total. The third kappa shape index (κ3) is 3.21. The Hall–Kier alpha value is -0.570. The van der Waals surface area contributed by atoms with Crippen molar-refractivity contribution >= 4 is 5.91 Å². The number of nitrogens with one attached hydrogen (secondary N) is 1. The zero-order chi connectivity index (χ0) is 11.7. The highest BCUT2D eigenvalue weighted by molar-refractivity contribution is 5.77. The first-order valence-electron chi connectivity index (χ1n) is 7.33. The fraction of sp³-hybridized carbons (Fsp3) is 0.929. The average Bonchev–Trinajstić information content (AvgIpc) is 3.23. The van der Waals surface area contributed by atoms with Crippen molar-refractivity contribution in [1.82, 2.24) is 10.2 Å². The van der Waals surface area contributed by atoms with Crippen molar-refractivity contribution in [3.8, 4) is 0 Å². The lowest BCUT2D eigenvalue weighted by Gasteiger charge is -2.23. The van der Waals surface area contributed by atoms with E-state index >= 15 is 0 Å². The quantitative estimate of drug-likeness (QED) is 0.762. The van der Waals surface area contributed by atoms with Gasteiger partial charge in [-0.3, -0.25) is 4.79 Å². The Morgan fingerprint density at radius 1 is 1.12 bits per heavy atom. The van der Waals surface area contributed by atoms with Gasteiger partial charge in [0, 0.05) is 19.0 Å². The van der Waals surface area contributed by atoms with Gasteiger partial charge in [0.1, 0.15) is 0 Å². The molecule has 1 aliphatic heterocycles. The second kappa shape index (κ2) is 4.97. The second-order valence-electron chi connectivity index (χ2n) is 6.12. The molecule has 1 N–H and O–H groups in total. The maximum Gasteiger partial charge on any atom is 0.222 e. The second-order valence-corrected chi connectivity index (χ2v) is 6.12. The maximum absolute atomic E-state index is 12.3. The molecule has 1 unspecified atom stereocenters. The predicted molar refractivity (Wildman–Crippen MR) is 67.7 cm³/mol. The van der Waals surface area contributed by atoms with Crippen LogP contribution in [0.5, 0.6) is 0 Å². The van der Waals surface area contributed by atoms with Crippen LogP contribution in [-0.4, -0.2) is 36.5 Å². The van der Waals surface area contributed by atoms with Crippen LogP contribution in [0.1, 0.15) is 44.9 Å². The van der Waals surface area contributed by atoms with Crippen LogP contribution in [0.25, 0.3) is 0 Å². The first-order chi connectivity index (χ1) is 8.33. The van der Waals surface area contributed by atoms with Crippen molar-refractivity contribution in [2.45, 2.75) is 51.0 Å². The van der Waals surface area contributed by atoms with E-state index in [9.17, 15) is 4.79 Å². The van der Waals surface area contributed by atoms with Gasteiger partial charge >= 0.3 is 0 Å². The van der Waals surface area contributed by atoms with E-state index in [1.807, 2.05) is 0 Å². The number of amides is 1. The molecule has 1 amide bonds. The van der Waals surface area contributed by atoms with Gasteiger partial charge in [-0.25, -0.2) is 0 Å². The van der Waals surface area contributed by atoms with E-state index < -0.39 is 0 Å². The summed E-state index contributed by atoms with van der Waals surface area (Å²) in [4.78, 5) is 14.5. The summed E-state index contributed by atoms with van der Waals surface area (Å²) in [5.41, 5.74) is 0. The Labute approximate surface area is 104 Å². The summed E-state index contributed by atoms with van der Waals surface area (Å²) in [6.07, 6.45) is 8.35. The van der Waals surface area contributed by atoms with Gasteiger partial charge in [0.25, 0.3) is 0 Å². The smallest absolute Gasteiger partial charge is 0.222 e. The van der Waals surface area contributed by atoms with Crippen LogP contribution in [0.4, 0.5) is 0 Å². The molecule has 3 fully saturated rings. The summed E-state index contributed by atoms with van der Waals surface area (Å²) in [6, 6.07) is 0.616. The van der Waals surface area contributed by atoms with Crippen molar-refractivity contribution in [3.05, 3.63) is 0 Å². The van der Waals surface area contributed by atoms with Crippen LogP contribution in [0.3, 0.4) is 0 Å². The highest BCUT2D eigenvalue weighted by atomic mass is 16.2. The molecule has 0 aromatic heterocycles. The lowest BCUT2D eigenvalue weighted by Crippen LogP contribution is -2.35. The number of rotatable bonds is 6. The first-order valence-corrected chi connectivity index (χ1v) is 7.33. The van der Waals surface area contributed by atoms with E-state index in [1.54, 1.807) is 0 Å². The fourth-order valence-electron chi connectivity index (χ4n) is 2.85. The van der Waals surface area contributed by atoms with Crippen LogP contribution in [0.15, 0.2) is 0 Å². The summed E-state index contributed by atoms with van der Waals surface area (Å²) in [7, 11) is 0. The molecule has 0 spiro atoms. The molecule has 1 heterocycles. The molecule has 3 rings (SSSR count). The Morgan fingerprint density at radius 2 is 1.94 bits per heavy atom. The SMILES string of the molecule is O=C(CCC1CCNC1)N(CC1CC1)C1CC1. The van der Waals surface area contributed by atoms with E-state index in [4.69, 9.17) is 0 Å². The van der Waals surface area contributed by atoms with E-state index in [-0.39, 0.29) is 0 Å². The van der Waals surface area contributed by atoms with Crippen molar-refractivity contribution in [2.24, 2.45) is 11.8 Å². The molecular formula is C14H24N2O. The van der Waals surface area contributed by atoms with Crippen LogP contribution < -0.4 is 5.32 Å². The normalized spacial score (nSPS) is 28.4. The summed E-state index contributed by atoms with van der Waals surface area (Å²) in [5, 5.41) is 3.38. The van der Waals surface area contributed by atoms with Gasteiger partial charge in [-0.15, -0.1) is 0 Å². The molecular weight excluding hydrogens is 212 g/mol. The molecule has 2 saturated carbocycles. The Kier molecular flexibility index (Phi) is 3.37. The molecule has 17 heavy (non-hydrogen) atoms. The Morgan fingerprint density at radius 3 is 2.53 bits per heavy atom. The number of carbonyl (C=O) groups is 1. The summed E-state index contributed by atoms with van der Waals surface area (Å²) in [6.45, 7) is 3.33. The molecule has 0 aromatic carbocycles. The van der Waals surface area contributed by atoms with Crippen LogP contribution in [-0.2, 0) is 4.79 Å². The molecule has 2 aliphatic carbocycles. The highest BCUT2D eigenvalue weighted by Gasteiger charge is 2.36. The minimum absolute atomic E-state index is 0.436. The van der Waals surface area contributed by atoms with E-state index in [2.05, 4.69) is 10.2 Å². The first kappa shape index (κ1) is 11.5. The summed E-state index contributed by atoms with van der Waals surface area (Å²) in [5.74, 6) is 2.03. The monoisotopic (exact) mass is 236 g/mol. The third-order valence-electron chi connectivity index (χ3n) is 4.39. The summed E-state index contributed by atoms with van der Waals surface area (Å²) >= 11 is 0. The average molecular weight is 236 g/mol. The number of carbonyl (C=O) groups excluding carboxylic acids is 1.